The molecule has 1 rings (SSSR count). The Balaban J connectivity index is 3.35. The molecule has 2 nitrogen and oxygen atoms in total. The van der Waals surface area contributed by atoms with Crippen molar-refractivity contribution in [2.75, 3.05) is 0 Å². The Hall–Kier alpha value is -1.57. The van der Waals surface area contributed by atoms with Gasteiger partial charge in [-0.25, -0.2) is 18.2 Å². The standard InChI is InChI=1S/C8H5F3N2/c1-4-6(9)2-5(8(10)11)7(3-12)13-4/h2,8H,1H3. The summed E-state index contributed by atoms with van der Waals surface area (Å²) in [5, 5.41) is 8.41. The first kappa shape index (κ1) is 9.52. The van der Waals surface area contributed by atoms with Gasteiger partial charge in [-0.3, -0.25) is 0 Å². The lowest BCUT2D eigenvalue weighted by molar-refractivity contribution is 0.150. The van der Waals surface area contributed by atoms with Gasteiger partial charge in [-0.15, -0.1) is 0 Å². The van der Waals surface area contributed by atoms with Gasteiger partial charge >= 0.3 is 0 Å². The molecular formula is C8H5F3N2. The lowest BCUT2D eigenvalue weighted by Gasteiger charge is -2.03. The van der Waals surface area contributed by atoms with E-state index in [0.29, 0.717) is 6.07 Å². The maximum Gasteiger partial charge on any atom is 0.266 e. The van der Waals surface area contributed by atoms with Crippen molar-refractivity contribution in [2.45, 2.75) is 13.3 Å². The summed E-state index contributed by atoms with van der Waals surface area (Å²) in [7, 11) is 0. The zero-order valence-electron chi connectivity index (χ0n) is 6.68. The van der Waals surface area contributed by atoms with Crippen molar-refractivity contribution in [3.63, 3.8) is 0 Å². The number of halogens is 3. The van der Waals surface area contributed by atoms with E-state index in [-0.39, 0.29) is 5.69 Å². The molecule has 0 aliphatic heterocycles. The number of rotatable bonds is 1. The molecular weight excluding hydrogens is 181 g/mol. The van der Waals surface area contributed by atoms with E-state index in [1.54, 1.807) is 0 Å². The lowest BCUT2D eigenvalue weighted by Crippen LogP contribution is -1.99. The third-order valence-corrected chi connectivity index (χ3v) is 1.52. The van der Waals surface area contributed by atoms with Crippen molar-refractivity contribution in [1.82, 2.24) is 4.98 Å². The third kappa shape index (κ3) is 1.78. The van der Waals surface area contributed by atoms with Gasteiger partial charge in [-0.05, 0) is 13.0 Å². The molecule has 0 aliphatic carbocycles. The van der Waals surface area contributed by atoms with E-state index in [9.17, 15) is 13.2 Å². The van der Waals surface area contributed by atoms with Crippen LogP contribution in [0, 0.1) is 24.1 Å². The molecule has 0 unspecified atom stereocenters. The van der Waals surface area contributed by atoms with E-state index >= 15 is 0 Å². The van der Waals surface area contributed by atoms with Gasteiger partial charge in [0.2, 0.25) is 0 Å². The molecule has 0 atom stereocenters. The molecule has 0 N–H and O–H groups in total. The second-order valence-corrected chi connectivity index (χ2v) is 2.41. The maximum absolute atomic E-state index is 12.8. The lowest BCUT2D eigenvalue weighted by atomic mass is 10.2. The summed E-state index contributed by atoms with van der Waals surface area (Å²) in [5.41, 5.74) is -1.14. The van der Waals surface area contributed by atoms with Crippen molar-refractivity contribution in [2.24, 2.45) is 0 Å². The van der Waals surface area contributed by atoms with Crippen molar-refractivity contribution in [3.05, 3.63) is 28.8 Å². The van der Waals surface area contributed by atoms with Gasteiger partial charge in [0, 0.05) is 0 Å². The molecule has 0 saturated carbocycles. The van der Waals surface area contributed by atoms with Crippen LogP contribution in [-0.4, -0.2) is 4.98 Å². The summed E-state index contributed by atoms with van der Waals surface area (Å²) in [6.07, 6.45) is -2.88. The van der Waals surface area contributed by atoms with Crippen molar-refractivity contribution in [1.29, 1.82) is 5.26 Å². The molecule has 0 aromatic carbocycles. The van der Waals surface area contributed by atoms with Crippen LogP contribution in [0.5, 0.6) is 0 Å². The summed E-state index contributed by atoms with van der Waals surface area (Å²) >= 11 is 0. The minimum atomic E-state index is -2.88. The Morgan fingerprint density at radius 1 is 1.54 bits per heavy atom. The van der Waals surface area contributed by atoms with Crippen LogP contribution >= 0.6 is 0 Å². The number of alkyl halides is 2. The number of nitrogens with zero attached hydrogens (tertiary/aromatic N) is 2. The number of hydrogen-bond acceptors (Lipinski definition) is 2. The van der Waals surface area contributed by atoms with Gasteiger partial charge in [0.05, 0.1) is 11.3 Å². The van der Waals surface area contributed by atoms with E-state index in [1.165, 1.54) is 13.0 Å². The second-order valence-electron chi connectivity index (χ2n) is 2.41. The average molecular weight is 186 g/mol. The number of aryl methyl sites for hydroxylation is 1. The molecule has 0 saturated heterocycles. The quantitative estimate of drug-likeness (QED) is 0.674. The number of hydrogen-bond donors (Lipinski definition) is 0. The number of aromatic nitrogens is 1. The molecule has 1 aromatic heterocycles. The number of nitriles is 1. The van der Waals surface area contributed by atoms with Crippen LogP contribution in [0.25, 0.3) is 0 Å². The molecule has 0 bridgehead atoms. The summed E-state index contributed by atoms with van der Waals surface area (Å²) in [6.45, 7) is 1.31. The van der Waals surface area contributed by atoms with Crippen LogP contribution in [0.1, 0.15) is 23.4 Å². The van der Waals surface area contributed by atoms with E-state index in [2.05, 4.69) is 4.98 Å². The SMILES string of the molecule is Cc1nc(C#N)c(C(F)F)cc1F. The fraction of sp³-hybridized carbons (Fsp3) is 0.250. The highest BCUT2D eigenvalue weighted by molar-refractivity contribution is 5.33. The third-order valence-electron chi connectivity index (χ3n) is 1.52. The van der Waals surface area contributed by atoms with Crippen molar-refractivity contribution >= 4 is 0 Å². The Labute approximate surface area is 72.6 Å². The first-order valence-corrected chi connectivity index (χ1v) is 3.41. The molecule has 0 aliphatic rings. The predicted molar refractivity (Wildman–Crippen MR) is 38.6 cm³/mol. The molecule has 0 fully saturated rings. The van der Waals surface area contributed by atoms with Gasteiger partial charge in [-0.1, -0.05) is 0 Å². The van der Waals surface area contributed by atoms with Gasteiger partial charge in [0.25, 0.3) is 6.43 Å². The minimum Gasteiger partial charge on any atom is -0.239 e. The van der Waals surface area contributed by atoms with E-state index < -0.39 is 23.5 Å². The Morgan fingerprint density at radius 2 is 2.15 bits per heavy atom. The second kappa shape index (κ2) is 3.44. The molecule has 13 heavy (non-hydrogen) atoms. The summed E-state index contributed by atoms with van der Waals surface area (Å²) < 4.78 is 37.1. The topological polar surface area (TPSA) is 36.7 Å². The fourth-order valence-corrected chi connectivity index (χ4v) is 0.851. The molecule has 1 heterocycles. The molecule has 0 amide bonds. The first-order chi connectivity index (χ1) is 6.06. The number of pyridine rings is 1. The Kier molecular flexibility index (Phi) is 2.52. The van der Waals surface area contributed by atoms with Gasteiger partial charge in [-0.2, -0.15) is 5.26 Å². The van der Waals surface area contributed by atoms with Crippen LogP contribution in [0.4, 0.5) is 13.2 Å². The van der Waals surface area contributed by atoms with Crippen LogP contribution in [0.2, 0.25) is 0 Å². The van der Waals surface area contributed by atoms with E-state index in [4.69, 9.17) is 5.26 Å². The monoisotopic (exact) mass is 186 g/mol. The molecule has 0 radical (unpaired) electrons. The summed E-state index contributed by atoms with van der Waals surface area (Å²) in [6, 6.07) is 2.13. The highest BCUT2D eigenvalue weighted by Gasteiger charge is 2.16. The average Bonchev–Trinajstić information content (AvgIpc) is 2.08. The smallest absolute Gasteiger partial charge is 0.239 e. The highest BCUT2D eigenvalue weighted by Crippen LogP contribution is 2.22. The first-order valence-electron chi connectivity index (χ1n) is 3.41. The highest BCUT2D eigenvalue weighted by atomic mass is 19.3. The van der Waals surface area contributed by atoms with Crippen molar-refractivity contribution in [3.8, 4) is 6.07 Å². The minimum absolute atomic E-state index is 0.0547. The molecule has 68 valence electrons. The van der Waals surface area contributed by atoms with Crippen molar-refractivity contribution < 1.29 is 13.2 Å². The van der Waals surface area contributed by atoms with Crippen LogP contribution < -0.4 is 0 Å². The normalized spacial score (nSPS) is 10.2. The van der Waals surface area contributed by atoms with E-state index in [0.717, 1.165) is 0 Å². The fourth-order valence-electron chi connectivity index (χ4n) is 0.851. The molecule has 1 aromatic rings. The summed E-state index contributed by atoms with van der Waals surface area (Å²) in [5.74, 6) is -0.825. The zero-order chi connectivity index (χ0) is 10.0. The largest absolute Gasteiger partial charge is 0.266 e. The predicted octanol–water partition coefficient (Wildman–Crippen LogP) is 2.34. The zero-order valence-corrected chi connectivity index (χ0v) is 6.68. The van der Waals surface area contributed by atoms with Gasteiger partial charge in [0.1, 0.15) is 17.6 Å². The Bertz CT molecular complexity index is 368. The van der Waals surface area contributed by atoms with Crippen LogP contribution in [0.3, 0.4) is 0 Å². The molecule has 5 heteroatoms. The van der Waals surface area contributed by atoms with E-state index in [1.807, 2.05) is 0 Å². The Morgan fingerprint density at radius 3 is 2.62 bits per heavy atom. The molecule has 0 spiro atoms. The maximum atomic E-state index is 12.8. The van der Waals surface area contributed by atoms with Gasteiger partial charge in [0.15, 0.2) is 0 Å². The van der Waals surface area contributed by atoms with Crippen LogP contribution in [-0.2, 0) is 0 Å². The van der Waals surface area contributed by atoms with Gasteiger partial charge < -0.3 is 0 Å². The summed E-state index contributed by atoms with van der Waals surface area (Å²) in [4.78, 5) is 3.40. The van der Waals surface area contributed by atoms with Crippen LogP contribution in [0.15, 0.2) is 6.07 Å².